The molecular formula is C21H23ClN4O4. The summed E-state index contributed by atoms with van der Waals surface area (Å²) in [6, 6.07) is 8.63. The summed E-state index contributed by atoms with van der Waals surface area (Å²) in [6.07, 6.45) is 3.51. The van der Waals surface area contributed by atoms with Crippen molar-refractivity contribution < 1.29 is 14.3 Å². The smallest absolute Gasteiger partial charge is 0.331 e. The number of carbonyl (C=O) groups is 2. The molecule has 1 unspecified atom stereocenters. The van der Waals surface area contributed by atoms with Crippen LogP contribution in [0, 0.1) is 17.2 Å². The molecule has 0 spiro atoms. The average Bonchev–Trinajstić information content (AvgIpc) is 3.18. The van der Waals surface area contributed by atoms with E-state index in [0.717, 1.165) is 6.54 Å². The van der Waals surface area contributed by atoms with Gasteiger partial charge in [0, 0.05) is 18.1 Å². The van der Waals surface area contributed by atoms with E-state index < -0.39 is 23.1 Å². The zero-order valence-electron chi connectivity index (χ0n) is 16.8. The molecule has 0 saturated heterocycles. The number of aromatic nitrogens is 1. The molecule has 8 nitrogen and oxygen atoms in total. The number of nitriles is 1. The summed E-state index contributed by atoms with van der Waals surface area (Å²) in [7, 11) is 1.87. The lowest BCUT2D eigenvalue weighted by Gasteiger charge is -2.25. The van der Waals surface area contributed by atoms with Crippen LogP contribution in [-0.2, 0) is 9.53 Å². The van der Waals surface area contributed by atoms with E-state index in [1.54, 1.807) is 35.9 Å². The fourth-order valence-electron chi connectivity index (χ4n) is 3.39. The molecule has 0 saturated carbocycles. The summed E-state index contributed by atoms with van der Waals surface area (Å²) >= 11 is 0. The topological polar surface area (TPSA) is 104 Å². The third kappa shape index (κ3) is 4.37. The van der Waals surface area contributed by atoms with Crippen molar-refractivity contribution in [2.24, 2.45) is 5.92 Å². The van der Waals surface area contributed by atoms with Crippen LogP contribution >= 0.6 is 12.4 Å². The number of nitrogens with one attached hydrogen (secondary N) is 1. The summed E-state index contributed by atoms with van der Waals surface area (Å²) in [4.78, 5) is 37.9. The van der Waals surface area contributed by atoms with Crippen molar-refractivity contribution in [1.82, 2.24) is 9.99 Å². The van der Waals surface area contributed by atoms with Crippen LogP contribution < -0.4 is 15.8 Å². The molecule has 3 rings (SSSR count). The normalized spacial score (nSPS) is 13.9. The summed E-state index contributed by atoms with van der Waals surface area (Å²) in [5.41, 5.74) is 1.13. The summed E-state index contributed by atoms with van der Waals surface area (Å²) < 4.78 is 6.57. The van der Waals surface area contributed by atoms with Crippen molar-refractivity contribution in [2.45, 2.75) is 6.92 Å². The van der Waals surface area contributed by atoms with E-state index in [2.05, 4.69) is 11.4 Å². The number of hydrogen-bond donors (Lipinski definition) is 1. The first kappa shape index (κ1) is 23.1. The molecule has 0 fully saturated rings. The quantitative estimate of drug-likeness (QED) is 0.306. The number of Topliss-reactive ketones (excluding diaryl/α,β-unsaturated/α-hetero) is 1. The van der Waals surface area contributed by atoms with Crippen molar-refractivity contribution in [1.29, 1.82) is 5.26 Å². The Morgan fingerprint density at radius 2 is 2.07 bits per heavy atom. The maximum Gasteiger partial charge on any atom is 0.331 e. The Kier molecular flexibility index (Phi) is 7.75. The molecule has 2 aromatic rings. The molecule has 1 N–H and O–H groups in total. The minimum Gasteiger partial charge on any atom is -0.465 e. The zero-order chi connectivity index (χ0) is 21.0. The van der Waals surface area contributed by atoms with E-state index >= 15 is 0 Å². The molecule has 0 radical (unpaired) electrons. The van der Waals surface area contributed by atoms with E-state index in [0.29, 0.717) is 24.0 Å². The average molecular weight is 431 g/mol. The third-order valence-corrected chi connectivity index (χ3v) is 4.76. The standard InChI is InChI=1S/C21H22N4O4.ClH/c1-3-29-21(28)16(10-22)20(27)17-13-25(24-9-8-14(12-24)11-23-2)18-7-5-4-6-15(18)19(17)26;/h4-8,13,16,23H,3,9,11-12H2,1-2H3;1H. The molecule has 1 aliphatic heterocycles. The minimum absolute atomic E-state index is 0. The van der Waals surface area contributed by atoms with Gasteiger partial charge in [0.1, 0.15) is 0 Å². The number of benzene rings is 1. The maximum atomic E-state index is 13.0. The van der Waals surface area contributed by atoms with E-state index in [4.69, 9.17) is 4.74 Å². The Balaban J connectivity index is 0.00000320. The van der Waals surface area contributed by atoms with Crippen molar-refractivity contribution in [3.8, 4) is 6.07 Å². The number of para-hydroxylation sites is 1. The van der Waals surface area contributed by atoms with Gasteiger partial charge in [-0.2, -0.15) is 5.26 Å². The van der Waals surface area contributed by atoms with Crippen LogP contribution in [0.3, 0.4) is 0 Å². The molecule has 0 bridgehead atoms. The number of pyridine rings is 1. The lowest BCUT2D eigenvalue weighted by Crippen LogP contribution is -2.37. The zero-order valence-corrected chi connectivity index (χ0v) is 17.6. The van der Waals surface area contributed by atoms with Crippen molar-refractivity contribution >= 4 is 35.1 Å². The second-order valence-corrected chi connectivity index (χ2v) is 6.65. The number of likely N-dealkylation sites (N-methyl/N-ethyl adjacent to an activating group) is 1. The van der Waals surface area contributed by atoms with E-state index in [1.807, 2.05) is 18.1 Å². The number of ether oxygens (including phenoxy) is 1. The number of ketones is 1. The van der Waals surface area contributed by atoms with Gasteiger partial charge >= 0.3 is 5.97 Å². The Labute approximate surface area is 180 Å². The summed E-state index contributed by atoms with van der Waals surface area (Å²) in [6.45, 7) is 3.60. The van der Waals surface area contributed by atoms with Gasteiger partial charge in [-0.3, -0.25) is 19.1 Å². The Hall–Kier alpha value is -3.15. The maximum absolute atomic E-state index is 13.0. The van der Waals surface area contributed by atoms with Crippen LogP contribution in [0.2, 0.25) is 0 Å². The van der Waals surface area contributed by atoms with Crippen molar-refractivity contribution in [3.05, 3.63) is 57.9 Å². The van der Waals surface area contributed by atoms with E-state index in [1.165, 1.54) is 11.8 Å². The fourth-order valence-corrected chi connectivity index (χ4v) is 3.39. The Bertz CT molecular complexity index is 1090. The first-order valence-electron chi connectivity index (χ1n) is 9.34. The van der Waals surface area contributed by atoms with E-state index in [-0.39, 0.29) is 24.6 Å². The second-order valence-electron chi connectivity index (χ2n) is 6.65. The molecule has 158 valence electrons. The SMILES string of the molecule is CCOC(=O)C(C#N)C(=O)c1cn(N2CC=C(CNC)C2)c2ccccc2c1=O.Cl. The van der Waals surface area contributed by atoms with Gasteiger partial charge in [-0.25, -0.2) is 0 Å². The first-order valence-corrected chi connectivity index (χ1v) is 9.34. The largest absolute Gasteiger partial charge is 0.465 e. The van der Waals surface area contributed by atoms with Crippen LogP contribution in [0.25, 0.3) is 10.9 Å². The molecule has 1 aromatic heterocycles. The number of hydrogen-bond acceptors (Lipinski definition) is 7. The van der Waals surface area contributed by atoms with Crippen LogP contribution in [0.5, 0.6) is 0 Å². The summed E-state index contributed by atoms with van der Waals surface area (Å²) in [5, 5.41) is 14.8. The summed E-state index contributed by atoms with van der Waals surface area (Å²) in [5.74, 6) is -3.47. The van der Waals surface area contributed by atoms with Crippen LogP contribution in [0.15, 0.2) is 46.9 Å². The highest BCUT2D eigenvalue weighted by molar-refractivity contribution is 6.11. The van der Waals surface area contributed by atoms with Gasteiger partial charge in [0.15, 0.2) is 11.2 Å². The Morgan fingerprint density at radius 3 is 2.73 bits per heavy atom. The highest BCUT2D eigenvalue weighted by atomic mass is 35.5. The van der Waals surface area contributed by atoms with Crippen LogP contribution in [-0.4, -0.2) is 49.7 Å². The minimum atomic E-state index is -1.67. The fraction of sp³-hybridized carbons (Fsp3) is 0.333. The highest BCUT2D eigenvalue weighted by Crippen LogP contribution is 2.18. The van der Waals surface area contributed by atoms with Gasteiger partial charge in [-0.1, -0.05) is 18.2 Å². The molecule has 1 aromatic carbocycles. The highest BCUT2D eigenvalue weighted by Gasteiger charge is 2.32. The molecule has 30 heavy (non-hydrogen) atoms. The Morgan fingerprint density at radius 1 is 1.33 bits per heavy atom. The van der Waals surface area contributed by atoms with Gasteiger partial charge in [-0.15, -0.1) is 12.4 Å². The first-order chi connectivity index (χ1) is 14.0. The van der Waals surface area contributed by atoms with Gasteiger partial charge in [0.25, 0.3) is 0 Å². The van der Waals surface area contributed by atoms with Gasteiger partial charge in [0.2, 0.25) is 5.92 Å². The lowest BCUT2D eigenvalue weighted by molar-refractivity contribution is -0.144. The van der Waals surface area contributed by atoms with Crippen LogP contribution in [0.1, 0.15) is 17.3 Å². The number of halogens is 1. The molecular weight excluding hydrogens is 408 g/mol. The molecule has 1 atom stereocenters. The number of fused-ring (bicyclic) bond motifs is 1. The molecule has 1 aliphatic rings. The van der Waals surface area contributed by atoms with Crippen molar-refractivity contribution in [3.63, 3.8) is 0 Å². The monoisotopic (exact) mass is 430 g/mol. The van der Waals surface area contributed by atoms with Gasteiger partial charge in [-0.05, 0) is 31.7 Å². The lowest BCUT2D eigenvalue weighted by atomic mass is 9.98. The van der Waals surface area contributed by atoms with Gasteiger partial charge in [0.05, 0.1) is 36.8 Å². The third-order valence-electron chi connectivity index (χ3n) is 4.76. The number of esters is 1. The van der Waals surface area contributed by atoms with Crippen molar-refractivity contribution in [2.75, 3.05) is 38.3 Å². The molecule has 0 amide bonds. The van der Waals surface area contributed by atoms with E-state index in [9.17, 15) is 19.6 Å². The molecule has 9 heteroatoms. The van der Waals surface area contributed by atoms with Gasteiger partial charge < -0.3 is 15.1 Å². The second kappa shape index (κ2) is 10.1. The van der Waals surface area contributed by atoms with Crippen LogP contribution in [0.4, 0.5) is 0 Å². The number of carbonyl (C=O) groups excluding carboxylic acids is 2. The predicted octanol–water partition coefficient (Wildman–Crippen LogP) is 1.41. The number of rotatable bonds is 7. The number of nitrogens with zero attached hydrogens (tertiary/aromatic N) is 3. The molecule has 0 aliphatic carbocycles. The predicted molar refractivity (Wildman–Crippen MR) is 115 cm³/mol. The molecule has 2 heterocycles.